The fraction of sp³-hybridized carbons (Fsp3) is 0.364. The molecule has 0 aliphatic carbocycles. The zero-order valence-corrected chi connectivity index (χ0v) is 17.7. The van der Waals surface area contributed by atoms with Gasteiger partial charge in [0.15, 0.2) is 0 Å². The first-order valence-electron chi connectivity index (χ1n) is 9.98. The van der Waals surface area contributed by atoms with Gasteiger partial charge in [0.2, 0.25) is 0 Å². The first-order chi connectivity index (χ1) is 13.7. The van der Waals surface area contributed by atoms with Gasteiger partial charge in [-0.1, -0.05) is 6.92 Å². The van der Waals surface area contributed by atoms with E-state index in [4.69, 9.17) is 10.7 Å². The summed E-state index contributed by atoms with van der Waals surface area (Å²) < 4.78 is 1.17. The molecule has 0 saturated carbocycles. The van der Waals surface area contributed by atoms with Gasteiger partial charge in [-0.05, 0) is 75.1 Å². The van der Waals surface area contributed by atoms with E-state index in [0.717, 1.165) is 27.6 Å². The van der Waals surface area contributed by atoms with Crippen LogP contribution in [0.5, 0.6) is 0 Å². The van der Waals surface area contributed by atoms with Gasteiger partial charge in [0.1, 0.15) is 9.84 Å². The molecule has 4 heterocycles. The van der Waals surface area contributed by atoms with Crippen molar-refractivity contribution in [1.29, 1.82) is 0 Å². The number of nitrogen functional groups attached to an aromatic ring is 1. The normalized spacial score (nSPS) is 18.7. The Morgan fingerprint density at radius 2 is 2.07 bits per heavy atom. The van der Waals surface area contributed by atoms with Gasteiger partial charge in [0.25, 0.3) is 0 Å². The van der Waals surface area contributed by atoms with E-state index < -0.39 is 0 Å². The number of aromatic nitrogens is 2. The summed E-state index contributed by atoms with van der Waals surface area (Å²) in [5, 5.41) is 2.29. The van der Waals surface area contributed by atoms with Crippen LogP contribution in [0.15, 0.2) is 36.5 Å². The monoisotopic (exact) mass is 408 g/mol. The first kappa shape index (κ1) is 18.0. The molecule has 3 aromatic heterocycles. The van der Waals surface area contributed by atoms with Gasteiger partial charge in [0.05, 0.1) is 10.2 Å². The smallest absolute Gasteiger partial charge is 0.125 e. The Hall–Kier alpha value is -2.02. The quantitative estimate of drug-likeness (QED) is 0.439. The predicted molar refractivity (Wildman–Crippen MR) is 121 cm³/mol. The lowest BCUT2D eigenvalue weighted by Gasteiger charge is -2.17. The lowest BCUT2D eigenvalue weighted by Crippen LogP contribution is -2.23. The lowest BCUT2D eigenvalue weighted by molar-refractivity contribution is 0.299. The number of nitrogens with zero attached hydrogens (tertiary/aromatic N) is 3. The van der Waals surface area contributed by atoms with E-state index in [1.807, 2.05) is 29.7 Å². The molecule has 1 aliphatic rings. The molecule has 1 saturated heterocycles. The highest BCUT2D eigenvalue weighted by Crippen LogP contribution is 2.40. The number of thiophene rings is 1. The van der Waals surface area contributed by atoms with Crippen LogP contribution >= 0.6 is 22.7 Å². The van der Waals surface area contributed by atoms with Crippen molar-refractivity contribution in [2.75, 3.05) is 25.4 Å². The Bertz CT molecular complexity index is 1130. The summed E-state index contributed by atoms with van der Waals surface area (Å²) in [7, 11) is 0. The third-order valence-corrected chi connectivity index (χ3v) is 8.04. The Labute approximate surface area is 173 Å². The minimum Gasteiger partial charge on any atom is -0.399 e. The van der Waals surface area contributed by atoms with E-state index in [0.29, 0.717) is 5.92 Å². The van der Waals surface area contributed by atoms with Crippen molar-refractivity contribution >= 4 is 48.8 Å². The van der Waals surface area contributed by atoms with Gasteiger partial charge in [-0.2, -0.15) is 0 Å². The molecule has 1 unspecified atom stereocenters. The SMILES string of the molecule is CCN1CCCC(c2cc3c(-c4nc5cc(N)ccc5s4)ccnc3s2)CC1. The summed E-state index contributed by atoms with van der Waals surface area (Å²) in [5.74, 6) is 0.652. The van der Waals surface area contributed by atoms with Crippen molar-refractivity contribution in [2.45, 2.75) is 32.1 Å². The largest absolute Gasteiger partial charge is 0.399 e. The molecule has 1 atom stereocenters. The number of nitrogens with two attached hydrogens (primary N) is 1. The zero-order chi connectivity index (χ0) is 19.1. The molecular formula is C22H24N4S2. The fourth-order valence-corrected chi connectivity index (χ4v) is 6.34. The van der Waals surface area contributed by atoms with Gasteiger partial charge in [-0.15, -0.1) is 22.7 Å². The molecule has 0 spiro atoms. The van der Waals surface area contributed by atoms with Crippen LogP contribution in [0.25, 0.3) is 31.0 Å². The second-order valence-corrected chi connectivity index (χ2v) is 9.63. The molecule has 1 aliphatic heterocycles. The van der Waals surface area contributed by atoms with Gasteiger partial charge in [-0.3, -0.25) is 0 Å². The van der Waals surface area contributed by atoms with Crippen LogP contribution < -0.4 is 5.73 Å². The summed E-state index contributed by atoms with van der Waals surface area (Å²) in [4.78, 5) is 14.7. The van der Waals surface area contributed by atoms with Crippen molar-refractivity contribution in [1.82, 2.24) is 14.9 Å². The third kappa shape index (κ3) is 3.30. The Balaban J connectivity index is 1.53. The van der Waals surface area contributed by atoms with E-state index in [1.165, 1.54) is 52.9 Å². The number of rotatable bonds is 3. The molecule has 1 aromatic carbocycles. The number of thiazole rings is 1. The topological polar surface area (TPSA) is 55.0 Å². The Morgan fingerprint density at radius 3 is 2.96 bits per heavy atom. The fourth-order valence-electron chi connectivity index (χ4n) is 4.16. The summed E-state index contributed by atoms with van der Waals surface area (Å²) >= 11 is 3.60. The minimum absolute atomic E-state index is 0.652. The summed E-state index contributed by atoms with van der Waals surface area (Å²) in [6.07, 6.45) is 5.73. The second kappa shape index (κ2) is 7.43. The second-order valence-electron chi connectivity index (χ2n) is 7.53. The van der Waals surface area contributed by atoms with Crippen LogP contribution in [0.3, 0.4) is 0 Å². The maximum Gasteiger partial charge on any atom is 0.125 e. The van der Waals surface area contributed by atoms with Crippen molar-refractivity contribution < 1.29 is 0 Å². The predicted octanol–water partition coefficient (Wildman–Crippen LogP) is 5.74. The summed E-state index contributed by atoms with van der Waals surface area (Å²) in [6.45, 7) is 5.86. The molecule has 4 nitrogen and oxygen atoms in total. The van der Waals surface area contributed by atoms with E-state index in [1.54, 1.807) is 11.3 Å². The zero-order valence-electron chi connectivity index (χ0n) is 16.0. The van der Waals surface area contributed by atoms with Gasteiger partial charge < -0.3 is 10.6 Å². The number of anilines is 1. The molecular weight excluding hydrogens is 384 g/mol. The van der Waals surface area contributed by atoms with E-state index in [9.17, 15) is 0 Å². The highest BCUT2D eigenvalue weighted by Gasteiger charge is 2.21. The molecule has 0 amide bonds. The number of pyridine rings is 1. The van der Waals surface area contributed by atoms with Gasteiger partial charge in [-0.25, -0.2) is 9.97 Å². The maximum atomic E-state index is 5.93. The van der Waals surface area contributed by atoms with Crippen LogP contribution in [-0.4, -0.2) is 34.5 Å². The van der Waals surface area contributed by atoms with Crippen LogP contribution in [0.1, 0.15) is 37.0 Å². The number of hydrogen-bond acceptors (Lipinski definition) is 6. The molecule has 5 rings (SSSR count). The van der Waals surface area contributed by atoms with E-state index in [2.05, 4.69) is 35.0 Å². The average molecular weight is 409 g/mol. The summed E-state index contributed by atoms with van der Waals surface area (Å²) in [6, 6.07) is 10.5. The lowest BCUT2D eigenvalue weighted by atomic mass is 9.98. The number of hydrogen-bond donors (Lipinski definition) is 1. The van der Waals surface area contributed by atoms with Crippen molar-refractivity contribution in [2.24, 2.45) is 0 Å². The van der Waals surface area contributed by atoms with Crippen molar-refractivity contribution in [3.63, 3.8) is 0 Å². The molecule has 28 heavy (non-hydrogen) atoms. The number of benzene rings is 1. The van der Waals surface area contributed by atoms with Crippen LogP contribution in [0.4, 0.5) is 5.69 Å². The minimum atomic E-state index is 0.652. The third-order valence-electron chi connectivity index (χ3n) is 5.77. The van der Waals surface area contributed by atoms with E-state index >= 15 is 0 Å². The van der Waals surface area contributed by atoms with Crippen LogP contribution in [-0.2, 0) is 0 Å². The van der Waals surface area contributed by atoms with Crippen molar-refractivity contribution in [3.8, 4) is 10.6 Å². The first-order valence-corrected chi connectivity index (χ1v) is 11.6. The Morgan fingerprint density at radius 1 is 1.14 bits per heavy atom. The molecule has 1 fully saturated rings. The molecule has 6 heteroatoms. The maximum absolute atomic E-state index is 5.93. The van der Waals surface area contributed by atoms with Gasteiger partial charge in [0, 0.05) is 27.7 Å². The average Bonchev–Trinajstić information content (AvgIpc) is 3.24. The molecule has 0 radical (unpaired) electrons. The van der Waals surface area contributed by atoms with E-state index in [-0.39, 0.29) is 0 Å². The highest BCUT2D eigenvalue weighted by molar-refractivity contribution is 7.22. The molecule has 2 N–H and O–H groups in total. The van der Waals surface area contributed by atoms with Crippen LogP contribution in [0, 0.1) is 0 Å². The van der Waals surface area contributed by atoms with Crippen molar-refractivity contribution in [3.05, 3.63) is 41.4 Å². The van der Waals surface area contributed by atoms with Gasteiger partial charge >= 0.3 is 0 Å². The highest BCUT2D eigenvalue weighted by atomic mass is 32.1. The summed E-state index contributed by atoms with van der Waals surface area (Å²) in [5.41, 5.74) is 8.86. The van der Waals surface area contributed by atoms with Crippen LogP contribution in [0.2, 0.25) is 0 Å². The number of fused-ring (bicyclic) bond motifs is 2. The molecule has 4 aromatic rings. The standard InChI is InChI=1S/C22H24N4S2/c1-2-26-10-3-4-14(8-11-26)20-13-17-16(7-9-24-21(17)28-20)22-25-18-12-15(23)5-6-19(18)27-22/h5-7,9,12-14H,2-4,8,10-11,23H2,1H3. The molecule has 144 valence electrons. The number of likely N-dealkylation sites (tertiary alicyclic amines) is 1. The molecule has 0 bridgehead atoms. The Kier molecular flexibility index (Phi) is 4.78.